The average Bonchev–Trinajstić information content (AvgIpc) is 3.52. The Hall–Kier alpha value is -2.97. The third kappa shape index (κ3) is 4.33. The molecule has 2 amide bonds. The standard InChI is InChI=1S/C24H26N4O3S/c29-23(25-13-19-7-4-12-32-19)18-8-10-27(11-9-18)24(30)22-20-15-31-21(14-28(20)16-26-22)17-5-2-1-3-6-17/h1-7,12,16,18,21H,8-11,13-15H2,(H,25,29). The summed E-state index contributed by atoms with van der Waals surface area (Å²) < 4.78 is 8.08. The Morgan fingerprint density at radius 3 is 2.69 bits per heavy atom. The minimum absolute atomic E-state index is 0.0377. The van der Waals surface area contributed by atoms with Crippen LogP contribution in [0.3, 0.4) is 0 Å². The van der Waals surface area contributed by atoms with Crippen molar-refractivity contribution in [2.45, 2.75) is 38.6 Å². The molecule has 0 saturated carbocycles. The maximum Gasteiger partial charge on any atom is 0.274 e. The number of thiophene rings is 1. The van der Waals surface area contributed by atoms with E-state index in [0.717, 1.165) is 16.1 Å². The zero-order chi connectivity index (χ0) is 21.9. The first kappa shape index (κ1) is 20.9. The highest BCUT2D eigenvalue weighted by Gasteiger charge is 2.32. The third-order valence-corrected chi connectivity index (χ3v) is 7.15. The zero-order valence-electron chi connectivity index (χ0n) is 17.8. The van der Waals surface area contributed by atoms with E-state index in [2.05, 4.69) is 22.4 Å². The number of benzene rings is 1. The van der Waals surface area contributed by atoms with Gasteiger partial charge >= 0.3 is 0 Å². The zero-order valence-corrected chi connectivity index (χ0v) is 18.6. The van der Waals surface area contributed by atoms with Crippen molar-refractivity contribution in [1.82, 2.24) is 19.8 Å². The molecular weight excluding hydrogens is 424 g/mol. The Morgan fingerprint density at radius 2 is 1.94 bits per heavy atom. The van der Waals surface area contributed by atoms with Gasteiger partial charge in [0.05, 0.1) is 31.7 Å². The van der Waals surface area contributed by atoms with Crippen molar-refractivity contribution in [3.05, 3.63) is 76.0 Å². The number of hydrogen-bond acceptors (Lipinski definition) is 5. The van der Waals surface area contributed by atoms with Gasteiger partial charge in [0.2, 0.25) is 5.91 Å². The lowest BCUT2D eigenvalue weighted by Gasteiger charge is -2.31. The smallest absolute Gasteiger partial charge is 0.274 e. The van der Waals surface area contributed by atoms with Gasteiger partial charge in [0.25, 0.3) is 5.91 Å². The maximum atomic E-state index is 13.1. The Labute approximate surface area is 191 Å². The number of piperidine rings is 1. The Bertz CT molecular complexity index is 1070. The van der Waals surface area contributed by atoms with E-state index in [1.807, 2.05) is 45.2 Å². The quantitative estimate of drug-likeness (QED) is 0.647. The normalized spacial score (nSPS) is 18.9. The number of hydrogen-bond donors (Lipinski definition) is 1. The molecule has 166 valence electrons. The summed E-state index contributed by atoms with van der Waals surface area (Å²) in [6.45, 7) is 2.71. The molecule has 1 aromatic carbocycles. The van der Waals surface area contributed by atoms with Crippen molar-refractivity contribution < 1.29 is 14.3 Å². The number of ether oxygens (including phenoxy) is 1. The molecule has 0 aliphatic carbocycles. The molecule has 1 unspecified atom stereocenters. The third-order valence-electron chi connectivity index (χ3n) is 6.27. The first-order chi connectivity index (χ1) is 15.7. The number of aromatic nitrogens is 2. The van der Waals surface area contributed by atoms with E-state index in [1.165, 1.54) is 0 Å². The van der Waals surface area contributed by atoms with E-state index >= 15 is 0 Å². The summed E-state index contributed by atoms with van der Waals surface area (Å²) in [4.78, 5) is 33.0. The molecule has 1 atom stereocenters. The molecule has 8 heteroatoms. The van der Waals surface area contributed by atoms with Gasteiger partial charge < -0.3 is 19.5 Å². The molecule has 0 spiro atoms. The van der Waals surface area contributed by atoms with Crippen molar-refractivity contribution >= 4 is 23.2 Å². The minimum atomic E-state index is -0.0713. The second-order valence-electron chi connectivity index (χ2n) is 8.27. The highest BCUT2D eigenvalue weighted by atomic mass is 32.1. The van der Waals surface area contributed by atoms with E-state index < -0.39 is 0 Å². The van der Waals surface area contributed by atoms with E-state index in [4.69, 9.17) is 4.74 Å². The van der Waals surface area contributed by atoms with Crippen molar-refractivity contribution in [3.63, 3.8) is 0 Å². The van der Waals surface area contributed by atoms with Crippen LogP contribution in [0.25, 0.3) is 0 Å². The highest BCUT2D eigenvalue weighted by molar-refractivity contribution is 7.09. The van der Waals surface area contributed by atoms with Crippen molar-refractivity contribution in [2.75, 3.05) is 13.1 Å². The lowest BCUT2D eigenvalue weighted by Crippen LogP contribution is -2.43. The summed E-state index contributed by atoms with van der Waals surface area (Å²) >= 11 is 1.64. The summed E-state index contributed by atoms with van der Waals surface area (Å²) in [5, 5.41) is 5.03. The van der Waals surface area contributed by atoms with E-state index in [-0.39, 0.29) is 23.8 Å². The molecule has 32 heavy (non-hydrogen) atoms. The molecular formula is C24H26N4O3S. The van der Waals surface area contributed by atoms with Gasteiger partial charge in [-0.15, -0.1) is 11.3 Å². The van der Waals surface area contributed by atoms with Crippen molar-refractivity contribution in [3.8, 4) is 0 Å². The van der Waals surface area contributed by atoms with Gasteiger partial charge in [-0.05, 0) is 29.9 Å². The first-order valence-corrected chi connectivity index (χ1v) is 11.9. The summed E-state index contributed by atoms with van der Waals surface area (Å²) in [5.41, 5.74) is 2.43. The molecule has 7 nitrogen and oxygen atoms in total. The summed E-state index contributed by atoms with van der Waals surface area (Å²) in [7, 11) is 0. The number of amides is 2. The number of carbonyl (C=O) groups excluding carboxylic acids is 2. The Kier molecular flexibility index (Phi) is 6.05. The molecule has 5 rings (SSSR count). The van der Waals surface area contributed by atoms with E-state index in [9.17, 15) is 9.59 Å². The molecule has 0 radical (unpaired) electrons. The molecule has 1 fully saturated rings. The van der Waals surface area contributed by atoms with Crippen molar-refractivity contribution in [2.24, 2.45) is 5.92 Å². The van der Waals surface area contributed by atoms with Crippen molar-refractivity contribution in [1.29, 1.82) is 0 Å². The minimum Gasteiger partial charge on any atom is -0.365 e. The van der Waals surface area contributed by atoms with Crippen LogP contribution in [0, 0.1) is 5.92 Å². The van der Waals surface area contributed by atoms with Crippen LogP contribution >= 0.6 is 11.3 Å². The van der Waals surface area contributed by atoms with Gasteiger partial charge in [0, 0.05) is 23.9 Å². The van der Waals surface area contributed by atoms with E-state index in [0.29, 0.717) is 51.3 Å². The number of fused-ring (bicyclic) bond motifs is 1. The van der Waals surface area contributed by atoms with E-state index in [1.54, 1.807) is 17.7 Å². The van der Waals surface area contributed by atoms with Crippen LogP contribution in [0.4, 0.5) is 0 Å². The van der Waals surface area contributed by atoms with Crippen LogP contribution in [-0.4, -0.2) is 39.4 Å². The molecule has 2 aromatic heterocycles. The number of carbonyl (C=O) groups is 2. The molecule has 2 aliphatic rings. The topological polar surface area (TPSA) is 76.5 Å². The van der Waals surface area contributed by atoms with Gasteiger partial charge in [-0.3, -0.25) is 9.59 Å². The maximum absolute atomic E-state index is 13.1. The fourth-order valence-corrected chi connectivity index (χ4v) is 5.05. The highest BCUT2D eigenvalue weighted by Crippen LogP contribution is 2.28. The lowest BCUT2D eigenvalue weighted by atomic mass is 9.95. The predicted octanol–water partition coefficient (Wildman–Crippen LogP) is 3.38. The summed E-state index contributed by atoms with van der Waals surface area (Å²) in [5.74, 6) is -0.0481. The second-order valence-corrected chi connectivity index (χ2v) is 9.30. The molecule has 0 bridgehead atoms. The molecule has 1 saturated heterocycles. The monoisotopic (exact) mass is 450 g/mol. The molecule has 4 heterocycles. The number of nitrogens with one attached hydrogen (secondary N) is 1. The molecule has 1 N–H and O–H groups in total. The second kappa shape index (κ2) is 9.26. The summed E-state index contributed by atoms with van der Waals surface area (Å²) in [6, 6.07) is 14.1. The van der Waals surface area contributed by atoms with Crippen LogP contribution in [0.1, 0.15) is 45.6 Å². The SMILES string of the molecule is O=C(NCc1cccs1)C1CCN(C(=O)c2ncn3c2COC(c2ccccc2)C3)CC1. The average molecular weight is 451 g/mol. The van der Waals surface area contributed by atoms with Gasteiger partial charge in [0.15, 0.2) is 5.69 Å². The van der Waals surface area contributed by atoms with Gasteiger partial charge in [-0.1, -0.05) is 36.4 Å². The van der Waals surface area contributed by atoms with Crippen LogP contribution in [-0.2, 0) is 29.2 Å². The van der Waals surface area contributed by atoms with Crippen LogP contribution in [0.15, 0.2) is 54.2 Å². The van der Waals surface area contributed by atoms with Crippen LogP contribution in [0.2, 0.25) is 0 Å². The van der Waals surface area contributed by atoms with Crippen LogP contribution in [0.5, 0.6) is 0 Å². The number of likely N-dealkylation sites (tertiary alicyclic amines) is 1. The van der Waals surface area contributed by atoms with Gasteiger partial charge in [0.1, 0.15) is 6.10 Å². The first-order valence-electron chi connectivity index (χ1n) is 11.0. The molecule has 3 aromatic rings. The fraction of sp³-hybridized carbons (Fsp3) is 0.375. The van der Waals surface area contributed by atoms with Gasteiger partial charge in [-0.2, -0.15) is 0 Å². The number of rotatable bonds is 5. The largest absolute Gasteiger partial charge is 0.365 e. The number of nitrogens with zero attached hydrogens (tertiary/aromatic N) is 3. The Morgan fingerprint density at radius 1 is 1.12 bits per heavy atom. The fourth-order valence-electron chi connectivity index (χ4n) is 4.40. The predicted molar refractivity (Wildman–Crippen MR) is 121 cm³/mol. The Balaban J connectivity index is 1.17. The number of imidazole rings is 1. The lowest BCUT2D eigenvalue weighted by molar-refractivity contribution is -0.126. The van der Waals surface area contributed by atoms with Crippen LogP contribution < -0.4 is 5.32 Å². The molecule has 2 aliphatic heterocycles. The van der Waals surface area contributed by atoms with Gasteiger partial charge in [-0.25, -0.2) is 4.98 Å². The summed E-state index contributed by atoms with van der Waals surface area (Å²) in [6.07, 6.45) is 3.05.